The van der Waals surface area contributed by atoms with Gasteiger partial charge in [-0.05, 0) is 47.7 Å². The van der Waals surface area contributed by atoms with E-state index in [1.165, 1.54) is 4.90 Å². The van der Waals surface area contributed by atoms with E-state index in [-0.39, 0.29) is 17.9 Å². The number of ketones is 1. The number of ether oxygens (including phenoxy) is 1. The lowest BCUT2D eigenvalue weighted by Gasteiger charge is -2.25. The number of carbonyl (C=O) groups excluding carboxylic acids is 2. The minimum atomic E-state index is -0.725. The SMILES string of the molecule is CCOc1cccc(C(O)=C2C(=O)C(=O)N(Cc3cccnc3)C2c2ccc(C(C)C)cc2)c1. The third-order valence-corrected chi connectivity index (χ3v) is 5.95. The van der Waals surface area contributed by atoms with Crippen LogP contribution in [0.3, 0.4) is 0 Å². The van der Waals surface area contributed by atoms with E-state index in [9.17, 15) is 14.7 Å². The minimum Gasteiger partial charge on any atom is -0.507 e. The zero-order valence-corrected chi connectivity index (χ0v) is 19.6. The lowest BCUT2D eigenvalue weighted by atomic mass is 9.93. The summed E-state index contributed by atoms with van der Waals surface area (Å²) in [6.07, 6.45) is 3.33. The fraction of sp³-hybridized carbons (Fsp3) is 0.250. The number of likely N-dealkylation sites (tertiary alicyclic amines) is 1. The number of aromatic nitrogens is 1. The molecule has 1 fully saturated rings. The number of Topliss-reactive ketones (excluding diaryl/α,β-unsaturated/α-hetero) is 1. The highest BCUT2D eigenvalue weighted by molar-refractivity contribution is 6.46. The van der Waals surface area contributed by atoms with Crippen molar-refractivity contribution < 1.29 is 19.4 Å². The number of aliphatic hydroxyl groups is 1. The summed E-state index contributed by atoms with van der Waals surface area (Å²) in [6, 6.07) is 17.7. The highest BCUT2D eigenvalue weighted by Gasteiger charge is 2.46. The van der Waals surface area contributed by atoms with Crippen LogP contribution in [0, 0.1) is 0 Å². The molecule has 0 radical (unpaired) electrons. The Morgan fingerprint density at radius 2 is 1.85 bits per heavy atom. The third kappa shape index (κ3) is 4.57. The Morgan fingerprint density at radius 3 is 2.50 bits per heavy atom. The molecule has 3 aromatic rings. The summed E-state index contributed by atoms with van der Waals surface area (Å²) in [5.74, 6) is -0.650. The van der Waals surface area contributed by atoms with Gasteiger partial charge in [0.05, 0.1) is 18.2 Å². The standard InChI is InChI=1S/C28H28N2O4/c1-4-34-23-9-5-8-22(15-23)26(31)24-25(21-12-10-20(11-13-21)18(2)3)30(28(33)27(24)32)17-19-7-6-14-29-16-19/h5-16,18,25,31H,4,17H2,1-3H3. The number of rotatable bonds is 7. The van der Waals surface area contributed by atoms with Gasteiger partial charge in [0.25, 0.3) is 11.7 Å². The van der Waals surface area contributed by atoms with Crippen molar-refractivity contribution in [1.82, 2.24) is 9.88 Å². The van der Waals surface area contributed by atoms with Gasteiger partial charge in [-0.1, -0.05) is 56.3 Å². The molecule has 6 nitrogen and oxygen atoms in total. The Hall–Kier alpha value is -3.93. The Labute approximate surface area is 199 Å². The lowest BCUT2D eigenvalue weighted by Crippen LogP contribution is -2.29. The molecule has 1 saturated heterocycles. The highest BCUT2D eigenvalue weighted by Crippen LogP contribution is 2.40. The van der Waals surface area contributed by atoms with E-state index in [1.54, 1.807) is 42.7 Å². The normalized spacial score (nSPS) is 17.4. The number of aliphatic hydroxyl groups excluding tert-OH is 1. The number of benzene rings is 2. The Balaban J connectivity index is 1.84. The molecule has 6 heteroatoms. The van der Waals surface area contributed by atoms with Crippen molar-refractivity contribution in [3.63, 3.8) is 0 Å². The van der Waals surface area contributed by atoms with E-state index in [2.05, 4.69) is 18.8 Å². The van der Waals surface area contributed by atoms with Gasteiger partial charge in [-0.3, -0.25) is 14.6 Å². The van der Waals surface area contributed by atoms with Crippen molar-refractivity contribution in [3.05, 3.63) is 101 Å². The number of amides is 1. The summed E-state index contributed by atoms with van der Waals surface area (Å²) in [6.45, 7) is 6.76. The average Bonchev–Trinajstić information content (AvgIpc) is 3.09. The molecule has 0 saturated carbocycles. The summed E-state index contributed by atoms with van der Waals surface area (Å²) in [7, 11) is 0. The zero-order valence-electron chi connectivity index (χ0n) is 19.6. The van der Waals surface area contributed by atoms with Crippen LogP contribution < -0.4 is 4.74 Å². The Kier molecular flexibility index (Phi) is 6.77. The molecule has 1 aliphatic heterocycles. The quantitative estimate of drug-likeness (QED) is 0.299. The molecule has 34 heavy (non-hydrogen) atoms. The maximum atomic E-state index is 13.2. The molecule has 174 valence electrons. The molecule has 1 atom stereocenters. The van der Waals surface area contributed by atoms with Gasteiger partial charge in [-0.2, -0.15) is 0 Å². The first-order chi connectivity index (χ1) is 16.4. The van der Waals surface area contributed by atoms with Crippen LogP contribution in [0.25, 0.3) is 5.76 Å². The summed E-state index contributed by atoms with van der Waals surface area (Å²) in [5, 5.41) is 11.3. The first kappa shape index (κ1) is 23.2. The Bertz CT molecular complexity index is 1220. The fourth-order valence-corrected chi connectivity index (χ4v) is 4.20. The van der Waals surface area contributed by atoms with Crippen LogP contribution in [-0.2, 0) is 16.1 Å². The molecule has 0 spiro atoms. The van der Waals surface area contributed by atoms with Crippen molar-refractivity contribution in [2.24, 2.45) is 0 Å². The van der Waals surface area contributed by atoms with Crippen LogP contribution in [0.1, 0.15) is 55.0 Å². The van der Waals surface area contributed by atoms with Gasteiger partial charge in [0.15, 0.2) is 0 Å². The maximum absolute atomic E-state index is 13.2. The zero-order chi connectivity index (χ0) is 24.2. The molecule has 0 aliphatic carbocycles. The highest BCUT2D eigenvalue weighted by atomic mass is 16.5. The van der Waals surface area contributed by atoms with Crippen LogP contribution in [0.5, 0.6) is 5.75 Å². The molecule has 1 aromatic heterocycles. The average molecular weight is 457 g/mol. The first-order valence-electron chi connectivity index (χ1n) is 11.4. The van der Waals surface area contributed by atoms with Crippen molar-refractivity contribution in [2.75, 3.05) is 6.61 Å². The van der Waals surface area contributed by atoms with E-state index >= 15 is 0 Å². The van der Waals surface area contributed by atoms with Gasteiger partial charge in [0.1, 0.15) is 11.5 Å². The van der Waals surface area contributed by atoms with Gasteiger partial charge in [0.2, 0.25) is 0 Å². The molecule has 1 aliphatic rings. The second kappa shape index (κ2) is 9.91. The van der Waals surface area contributed by atoms with Crippen molar-refractivity contribution in [3.8, 4) is 5.75 Å². The van der Waals surface area contributed by atoms with Gasteiger partial charge in [-0.25, -0.2) is 0 Å². The summed E-state index contributed by atoms with van der Waals surface area (Å²) in [5.41, 5.74) is 3.20. The molecule has 1 amide bonds. The maximum Gasteiger partial charge on any atom is 0.295 e. The van der Waals surface area contributed by atoms with Gasteiger partial charge >= 0.3 is 0 Å². The van der Waals surface area contributed by atoms with Gasteiger partial charge in [-0.15, -0.1) is 0 Å². The Morgan fingerprint density at radius 1 is 1.09 bits per heavy atom. The van der Waals surface area contributed by atoms with E-state index in [1.807, 2.05) is 37.3 Å². The van der Waals surface area contributed by atoms with E-state index in [0.29, 0.717) is 23.8 Å². The van der Waals surface area contributed by atoms with Crippen LogP contribution >= 0.6 is 0 Å². The molecule has 0 bridgehead atoms. The molecule has 1 N–H and O–H groups in total. The van der Waals surface area contributed by atoms with Crippen molar-refractivity contribution in [2.45, 2.75) is 39.3 Å². The largest absolute Gasteiger partial charge is 0.507 e. The smallest absolute Gasteiger partial charge is 0.295 e. The number of carbonyl (C=O) groups is 2. The predicted octanol–water partition coefficient (Wildman–Crippen LogP) is 5.23. The van der Waals surface area contributed by atoms with E-state index in [4.69, 9.17) is 4.74 Å². The monoisotopic (exact) mass is 456 g/mol. The second-order valence-electron chi connectivity index (χ2n) is 8.57. The minimum absolute atomic E-state index is 0.0693. The van der Waals surface area contributed by atoms with Crippen LogP contribution in [0.2, 0.25) is 0 Å². The molecular weight excluding hydrogens is 428 g/mol. The lowest BCUT2D eigenvalue weighted by molar-refractivity contribution is -0.140. The van der Waals surface area contributed by atoms with E-state index in [0.717, 1.165) is 16.7 Å². The topological polar surface area (TPSA) is 79.7 Å². The first-order valence-corrected chi connectivity index (χ1v) is 11.4. The number of pyridine rings is 1. The second-order valence-corrected chi connectivity index (χ2v) is 8.57. The summed E-state index contributed by atoms with van der Waals surface area (Å²) < 4.78 is 5.55. The van der Waals surface area contributed by atoms with E-state index < -0.39 is 17.7 Å². The third-order valence-electron chi connectivity index (χ3n) is 5.95. The predicted molar refractivity (Wildman–Crippen MR) is 130 cm³/mol. The molecule has 4 rings (SSSR count). The summed E-state index contributed by atoms with van der Waals surface area (Å²) in [4.78, 5) is 32.0. The molecule has 1 unspecified atom stereocenters. The van der Waals surface area contributed by atoms with Crippen LogP contribution in [0.15, 0.2) is 78.6 Å². The van der Waals surface area contributed by atoms with Crippen LogP contribution in [0.4, 0.5) is 0 Å². The number of hydrogen-bond acceptors (Lipinski definition) is 5. The number of hydrogen-bond donors (Lipinski definition) is 1. The van der Waals surface area contributed by atoms with Crippen molar-refractivity contribution in [1.29, 1.82) is 0 Å². The molecule has 2 aromatic carbocycles. The number of nitrogens with zero attached hydrogens (tertiary/aromatic N) is 2. The molecular formula is C28H28N2O4. The van der Waals surface area contributed by atoms with Crippen LogP contribution in [-0.4, -0.2) is 33.3 Å². The fourth-order valence-electron chi connectivity index (χ4n) is 4.20. The van der Waals surface area contributed by atoms with Gasteiger partial charge < -0.3 is 14.7 Å². The van der Waals surface area contributed by atoms with Gasteiger partial charge in [0, 0.05) is 24.5 Å². The van der Waals surface area contributed by atoms with Crippen molar-refractivity contribution >= 4 is 17.4 Å². The summed E-state index contributed by atoms with van der Waals surface area (Å²) >= 11 is 0. The molecule has 2 heterocycles.